The van der Waals surface area contributed by atoms with Crippen molar-refractivity contribution >= 4 is 29.0 Å². The van der Waals surface area contributed by atoms with Crippen LogP contribution in [0.5, 0.6) is 0 Å². The van der Waals surface area contributed by atoms with Crippen molar-refractivity contribution in [3.8, 4) is 0 Å². The molecule has 13 heavy (non-hydrogen) atoms. The first-order valence-electron chi connectivity index (χ1n) is 3.78. The molecule has 0 bridgehead atoms. The maximum absolute atomic E-state index is 11.5. The molecule has 1 atom stereocenters. The molecule has 0 aliphatic rings. The summed E-state index contributed by atoms with van der Waals surface area (Å²) in [6.45, 7) is 2.35. The van der Waals surface area contributed by atoms with Crippen molar-refractivity contribution in [2.75, 3.05) is 13.6 Å². The molecular formula is C7H10ClN3OS. The molecule has 0 fully saturated rings. The van der Waals surface area contributed by atoms with E-state index in [0.29, 0.717) is 12.2 Å². The van der Waals surface area contributed by atoms with Crippen molar-refractivity contribution in [3.05, 3.63) is 11.1 Å². The second-order valence-corrected chi connectivity index (χ2v) is 4.11. The zero-order chi connectivity index (χ0) is 9.84. The van der Waals surface area contributed by atoms with Gasteiger partial charge in [-0.1, -0.05) is 4.49 Å². The summed E-state index contributed by atoms with van der Waals surface area (Å²) in [6.07, 6.45) is 0. The van der Waals surface area contributed by atoms with Crippen LogP contribution in [0.2, 0.25) is 0 Å². The lowest BCUT2D eigenvalue weighted by Crippen LogP contribution is -2.31. The molecule has 6 heteroatoms. The predicted molar refractivity (Wildman–Crippen MR) is 52.2 cm³/mol. The average Bonchev–Trinajstić information content (AvgIpc) is 2.53. The fraction of sp³-hybridized carbons (Fsp3) is 0.571. The van der Waals surface area contributed by atoms with E-state index < -0.39 is 0 Å². The minimum Gasteiger partial charge on any atom is -0.339 e. The summed E-state index contributed by atoms with van der Waals surface area (Å²) in [7, 11) is 1.70. The summed E-state index contributed by atoms with van der Waals surface area (Å²) in [5.41, 5.74) is 0.379. The lowest BCUT2D eigenvalue weighted by molar-refractivity contribution is 0.0790. The van der Waals surface area contributed by atoms with E-state index in [1.807, 2.05) is 6.92 Å². The molecule has 0 saturated carbocycles. The minimum atomic E-state index is -0.138. The Kier molecular flexibility index (Phi) is 3.62. The topological polar surface area (TPSA) is 46.1 Å². The lowest BCUT2D eigenvalue weighted by Gasteiger charge is -2.16. The lowest BCUT2D eigenvalue weighted by atomic mass is 10.4. The van der Waals surface area contributed by atoms with Gasteiger partial charge in [-0.05, 0) is 18.5 Å². The van der Waals surface area contributed by atoms with E-state index in [4.69, 9.17) is 11.6 Å². The fourth-order valence-electron chi connectivity index (χ4n) is 0.914. The Balaban J connectivity index is 2.58. The molecule has 0 aromatic carbocycles. The summed E-state index contributed by atoms with van der Waals surface area (Å²) >= 11 is 6.91. The Morgan fingerprint density at radius 1 is 1.85 bits per heavy atom. The third-order valence-corrected chi connectivity index (χ3v) is 2.09. The van der Waals surface area contributed by atoms with E-state index >= 15 is 0 Å². The van der Waals surface area contributed by atoms with Crippen LogP contribution in [0.25, 0.3) is 0 Å². The Labute approximate surface area is 85.7 Å². The fourth-order valence-corrected chi connectivity index (χ4v) is 1.55. The molecule has 0 spiro atoms. The van der Waals surface area contributed by atoms with Gasteiger partial charge in [0.2, 0.25) is 0 Å². The van der Waals surface area contributed by atoms with Crippen LogP contribution in [-0.4, -0.2) is 39.4 Å². The van der Waals surface area contributed by atoms with Crippen molar-refractivity contribution in [1.82, 2.24) is 14.5 Å². The highest BCUT2D eigenvalue weighted by molar-refractivity contribution is 7.03. The number of nitrogens with zero attached hydrogens (tertiary/aromatic N) is 3. The number of rotatable bonds is 3. The molecule has 1 unspecified atom stereocenters. The van der Waals surface area contributed by atoms with Gasteiger partial charge in [-0.2, -0.15) is 0 Å². The van der Waals surface area contributed by atoms with Crippen LogP contribution in [0.3, 0.4) is 0 Å². The van der Waals surface area contributed by atoms with E-state index in [2.05, 4.69) is 9.59 Å². The largest absolute Gasteiger partial charge is 0.339 e. The van der Waals surface area contributed by atoms with Crippen LogP contribution in [0.1, 0.15) is 17.4 Å². The highest BCUT2D eigenvalue weighted by atomic mass is 35.5. The van der Waals surface area contributed by atoms with Gasteiger partial charge in [-0.25, -0.2) is 0 Å². The van der Waals surface area contributed by atoms with E-state index in [9.17, 15) is 4.79 Å². The molecule has 0 radical (unpaired) electrons. The van der Waals surface area contributed by atoms with Crippen LogP contribution in [0, 0.1) is 0 Å². The molecule has 1 rings (SSSR count). The summed E-state index contributed by atoms with van der Waals surface area (Å²) in [4.78, 5) is 13.0. The Bertz CT molecular complexity index is 275. The van der Waals surface area contributed by atoms with E-state index in [1.54, 1.807) is 12.4 Å². The molecule has 1 aromatic heterocycles. The highest BCUT2D eigenvalue weighted by Crippen LogP contribution is 2.04. The molecule has 0 N–H and O–H groups in total. The molecule has 0 saturated heterocycles. The van der Waals surface area contributed by atoms with E-state index in [0.717, 1.165) is 11.5 Å². The monoisotopic (exact) mass is 219 g/mol. The van der Waals surface area contributed by atoms with Crippen molar-refractivity contribution in [3.63, 3.8) is 0 Å². The quantitative estimate of drug-likeness (QED) is 0.719. The Hall–Kier alpha value is -0.680. The van der Waals surface area contributed by atoms with E-state index in [-0.39, 0.29) is 11.3 Å². The van der Waals surface area contributed by atoms with Gasteiger partial charge < -0.3 is 4.90 Å². The number of amides is 1. The van der Waals surface area contributed by atoms with Crippen molar-refractivity contribution in [1.29, 1.82) is 0 Å². The maximum Gasteiger partial charge on any atom is 0.275 e. The van der Waals surface area contributed by atoms with Gasteiger partial charge in [0.1, 0.15) is 0 Å². The van der Waals surface area contributed by atoms with Crippen LogP contribution in [-0.2, 0) is 0 Å². The number of hydrogen-bond acceptors (Lipinski definition) is 4. The molecule has 0 aliphatic heterocycles. The molecule has 1 aromatic rings. The van der Waals surface area contributed by atoms with Crippen LogP contribution < -0.4 is 0 Å². The minimum absolute atomic E-state index is 0.0551. The first-order chi connectivity index (χ1) is 6.11. The number of alkyl halides is 1. The summed E-state index contributed by atoms with van der Waals surface area (Å²) in [6, 6.07) is 0. The van der Waals surface area contributed by atoms with Gasteiger partial charge in [-0.3, -0.25) is 4.79 Å². The third kappa shape index (κ3) is 2.93. The van der Waals surface area contributed by atoms with Crippen LogP contribution >= 0.6 is 23.1 Å². The number of carbonyl (C=O) groups excluding carboxylic acids is 1. The van der Waals surface area contributed by atoms with Gasteiger partial charge in [0.25, 0.3) is 5.91 Å². The normalized spacial score (nSPS) is 12.5. The molecule has 4 nitrogen and oxygen atoms in total. The molecule has 0 aliphatic carbocycles. The highest BCUT2D eigenvalue weighted by Gasteiger charge is 2.15. The summed E-state index contributed by atoms with van der Waals surface area (Å²) in [5.74, 6) is -0.138. The maximum atomic E-state index is 11.5. The summed E-state index contributed by atoms with van der Waals surface area (Å²) in [5, 5.41) is 5.25. The van der Waals surface area contributed by atoms with Crippen LogP contribution in [0.4, 0.5) is 0 Å². The molecule has 72 valence electrons. The summed E-state index contributed by atoms with van der Waals surface area (Å²) < 4.78 is 3.62. The number of halogens is 1. The number of aromatic nitrogens is 2. The SMILES string of the molecule is CC(Cl)CN(C)C(=O)c1csnn1. The van der Waals surface area contributed by atoms with Gasteiger partial charge in [0.15, 0.2) is 5.69 Å². The second kappa shape index (κ2) is 4.53. The van der Waals surface area contributed by atoms with Gasteiger partial charge >= 0.3 is 0 Å². The number of carbonyl (C=O) groups is 1. The second-order valence-electron chi connectivity index (χ2n) is 2.76. The van der Waals surface area contributed by atoms with E-state index in [1.165, 1.54) is 4.90 Å². The van der Waals surface area contributed by atoms with Gasteiger partial charge in [-0.15, -0.1) is 16.7 Å². The van der Waals surface area contributed by atoms with Crippen LogP contribution in [0.15, 0.2) is 5.38 Å². The van der Waals surface area contributed by atoms with Crippen molar-refractivity contribution in [2.45, 2.75) is 12.3 Å². The van der Waals surface area contributed by atoms with Gasteiger partial charge in [0, 0.05) is 24.3 Å². The third-order valence-electron chi connectivity index (χ3n) is 1.45. The van der Waals surface area contributed by atoms with Crippen molar-refractivity contribution < 1.29 is 4.79 Å². The Morgan fingerprint density at radius 2 is 2.54 bits per heavy atom. The first kappa shape index (κ1) is 10.4. The predicted octanol–water partition coefficient (Wildman–Crippen LogP) is 1.24. The zero-order valence-electron chi connectivity index (χ0n) is 7.40. The zero-order valence-corrected chi connectivity index (χ0v) is 8.97. The smallest absolute Gasteiger partial charge is 0.275 e. The Morgan fingerprint density at radius 3 is 3.00 bits per heavy atom. The first-order valence-corrected chi connectivity index (χ1v) is 5.05. The van der Waals surface area contributed by atoms with Gasteiger partial charge in [0.05, 0.1) is 0 Å². The molecular weight excluding hydrogens is 210 g/mol. The average molecular weight is 220 g/mol. The standard InChI is InChI=1S/C7H10ClN3OS/c1-5(8)3-11(2)7(12)6-4-13-10-9-6/h4-5H,3H2,1-2H3. The number of hydrogen-bond donors (Lipinski definition) is 0. The molecule has 1 heterocycles. The molecule has 1 amide bonds. The van der Waals surface area contributed by atoms with Crippen molar-refractivity contribution in [2.24, 2.45) is 0 Å².